The van der Waals surface area contributed by atoms with Gasteiger partial charge in [-0.05, 0) is 38.4 Å². The zero-order valence-corrected chi connectivity index (χ0v) is 15.9. The summed E-state index contributed by atoms with van der Waals surface area (Å²) < 4.78 is 6.51. The molecule has 1 atom stereocenters. The molecule has 1 unspecified atom stereocenters. The number of aryl methyl sites for hydroxylation is 1. The summed E-state index contributed by atoms with van der Waals surface area (Å²) in [5.74, 6) is 0.0310. The molecule has 1 aromatic heterocycles. The molecule has 27 heavy (non-hydrogen) atoms. The lowest BCUT2D eigenvalue weighted by Gasteiger charge is -2.16. The molecule has 1 amide bonds. The lowest BCUT2D eigenvalue weighted by molar-refractivity contribution is -0.384. The normalized spacial score (nSPS) is 16.5. The number of fused-ring (bicyclic) bond motifs is 1. The Labute approximate surface area is 161 Å². The smallest absolute Gasteiger partial charge is 0.407 e. The number of nitro benzene ring substituents is 1. The lowest BCUT2D eigenvalue weighted by atomic mass is 10.1. The Morgan fingerprint density at radius 1 is 1.44 bits per heavy atom. The molecule has 1 saturated heterocycles. The zero-order valence-electron chi connectivity index (χ0n) is 15.1. The molecule has 2 heterocycles. The number of hydrogen-bond donors (Lipinski definition) is 1. The second-order valence-corrected chi connectivity index (χ2v) is 6.58. The molecule has 0 bridgehead atoms. The number of non-ortho nitro benzene ring substituents is 1. The topological polar surface area (TPSA) is 111 Å². The van der Waals surface area contributed by atoms with E-state index in [2.05, 4.69) is 5.32 Å². The summed E-state index contributed by atoms with van der Waals surface area (Å²) in [6, 6.07) is 4.08. The number of hydrogen-bond acceptors (Lipinski definition) is 6. The Hall–Kier alpha value is -2.39. The van der Waals surface area contributed by atoms with Crippen molar-refractivity contribution in [2.24, 2.45) is 5.92 Å². The van der Waals surface area contributed by atoms with Crippen molar-refractivity contribution in [2.75, 3.05) is 26.7 Å². The van der Waals surface area contributed by atoms with Crippen molar-refractivity contribution >= 4 is 35.1 Å². The van der Waals surface area contributed by atoms with E-state index in [9.17, 15) is 19.7 Å². The van der Waals surface area contributed by atoms with E-state index in [0.717, 1.165) is 26.1 Å². The molecule has 148 valence electrons. The van der Waals surface area contributed by atoms with Gasteiger partial charge in [0.05, 0.1) is 16.5 Å². The number of halogens is 1. The summed E-state index contributed by atoms with van der Waals surface area (Å²) in [4.78, 5) is 36.5. The van der Waals surface area contributed by atoms with Crippen LogP contribution in [0, 0.1) is 16.0 Å². The quantitative estimate of drug-likeness (QED) is 0.562. The van der Waals surface area contributed by atoms with Crippen molar-refractivity contribution in [2.45, 2.75) is 25.8 Å². The highest BCUT2D eigenvalue weighted by Gasteiger charge is 2.25. The van der Waals surface area contributed by atoms with Gasteiger partial charge in [0.2, 0.25) is 5.91 Å². The average molecular weight is 399 g/mol. The minimum absolute atomic E-state index is 0. The number of nitrogens with zero attached hydrogens (tertiary/aromatic N) is 3. The van der Waals surface area contributed by atoms with Gasteiger partial charge < -0.3 is 14.6 Å². The Bertz CT molecular complexity index is 878. The molecular formula is C17H23ClN4O5. The zero-order chi connectivity index (χ0) is 18.7. The Kier molecular flexibility index (Phi) is 6.98. The standard InChI is InChI=1S/C17H22N4O5.ClH/c1-18-10-12-6-8-19(11-12)16(22)3-2-7-20-14-5-4-13(21(24)25)9-15(14)26-17(20)23;/h4-5,9,12,18H,2-3,6-8,10-11H2,1H3;1H. The van der Waals surface area contributed by atoms with Crippen LogP contribution in [0.15, 0.2) is 27.4 Å². The van der Waals surface area contributed by atoms with Gasteiger partial charge >= 0.3 is 5.76 Å². The molecule has 3 rings (SSSR count). The number of benzene rings is 1. The number of nitrogens with one attached hydrogen (secondary N) is 1. The molecular weight excluding hydrogens is 376 g/mol. The summed E-state index contributed by atoms with van der Waals surface area (Å²) in [5, 5.41) is 13.9. The highest BCUT2D eigenvalue weighted by molar-refractivity contribution is 5.85. The minimum atomic E-state index is -0.566. The maximum Gasteiger partial charge on any atom is 0.419 e. The first-order chi connectivity index (χ1) is 12.5. The van der Waals surface area contributed by atoms with Crippen LogP contribution in [0.25, 0.3) is 11.1 Å². The van der Waals surface area contributed by atoms with E-state index in [-0.39, 0.29) is 29.6 Å². The summed E-state index contributed by atoms with van der Waals surface area (Å²) >= 11 is 0. The molecule has 0 spiro atoms. The molecule has 1 fully saturated rings. The van der Waals surface area contributed by atoms with Crippen LogP contribution in [0.2, 0.25) is 0 Å². The second kappa shape index (κ2) is 9.01. The molecule has 1 aliphatic rings. The van der Waals surface area contributed by atoms with Crippen LogP contribution in [0.1, 0.15) is 19.3 Å². The molecule has 0 aliphatic carbocycles. The van der Waals surface area contributed by atoms with Crippen molar-refractivity contribution in [3.63, 3.8) is 0 Å². The van der Waals surface area contributed by atoms with E-state index in [4.69, 9.17) is 4.42 Å². The molecule has 9 nitrogen and oxygen atoms in total. The van der Waals surface area contributed by atoms with Crippen LogP contribution < -0.4 is 11.1 Å². The van der Waals surface area contributed by atoms with E-state index < -0.39 is 10.7 Å². The van der Waals surface area contributed by atoms with E-state index in [1.165, 1.54) is 22.8 Å². The van der Waals surface area contributed by atoms with Gasteiger partial charge in [-0.3, -0.25) is 19.5 Å². The first-order valence-electron chi connectivity index (χ1n) is 8.69. The first kappa shape index (κ1) is 20.9. The Morgan fingerprint density at radius 3 is 2.93 bits per heavy atom. The summed E-state index contributed by atoms with van der Waals surface area (Å²) in [6.07, 6.45) is 1.88. The van der Waals surface area contributed by atoms with E-state index in [1.54, 1.807) is 0 Å². The minimum Gasteiger partial charge on any atom is -0.407 e. The predicted octanol–water partition coefficient (Wildman–Crippen LogP) is 1.77. The molecule has 1 aliphatic heterocycles. The number of carbonyl (C=O) groups is 1. The predicted molar refractivity (Wildman–Crippen MR) is 102 cm³/mol. The van der Waals surface area contributed by atoms with Crippen LogP contribution in [-0.4, -0.2) is 47.0 Å². The van der Waals surface area contributed by atoms with Crippen LogP contribution in [-0.2, 0) is 11.3 Å². The number of amides is 1. The fraction of sp³-hybridized carbons (Fsp3) is 0.529. The molecule has 1 N–H and O–H groups in total. The van der Waals surface area contributed by atoms with E-state index in [1.807, 2.05) is 11.9 Å². The fourth-order valence-corrected chi connectivity index (χ4v) is 3.44. The van der Waals surface area contributed by atoms with Crippen LogP contribution in [0.3, 0.4) is 0 Å². The maximum atomic E-state index is 12.3. The summed E-state index contributed by atoms with van der Waals surface area (Å²) in [5.41, 5.74) is 0.562. The SMILES string of the molecule is CNCC1CCN(C(=O)CCCn2c(=O)oc3cc([N+](=O)[O-])ccc32)C1.Cl. The first-order valence-corrected chi connectivity index (χ1v) is 8.69. The number of likely N-dealkylation sites (tertiary alicyclic amines) is 1. The highest BCUT2D eigenvalue weighted by atomic mass is 35.5. The molecule has 0 radical (unpaired) electrons. The summed E-state index contributed by atoms with van der Waals surface area (Å²) in [7, 11) is 1.91. The van der Waals surface area contributed by atoms with E-state index in [0.29, 0.717) is 30.8 Å². The lowest BCUT2D eigenvalue weighted by Crippen LogP contribution is -2.30. The molecule has 0 saturated carbocycles. The van der Waals surface area contributed by atoms with Crippen molar-refractivity contribution in [3.05, 3.63) is 38.9 Å². The van der Waals surface area contributed by atoms with Crippen LogP contribution in [0.5, 0.6) is 0 Å². The van der Waals surface area contributed by atoms with Crippen molar-refractivity contribution in [1.82, 2.24) is 14.8 Å². The number of oxazole rings is 1. The number of carbonyl (C=O) groups excluding carboxylic acids is 1. The largest absolute Gasteiger partial charge is 0.419 e. The van der Waals surface area contributed by atoms with Crippen molar-refractivity contribution in [1.29, 1.82) is 0 Å². The monoisotopic (exact) mass is 398 g/mol. The fourth-order valence-electron chi connectivity index (χ4n) is 3.44. The van der Waals surface area contributed by atoms with Gasteiger partial charge in [0.1, 0.15) is 0 Å². The van der Waals surface area contributed by atoms with Gasteiger partial charge in [-0.2, -0.15) is 0 Å². The van der Waals surface area contributed by atoms with Crippen LogP contribution in [0.4, 0.5) is 5.69 Å². The van der Waals surface area contributed by atoms with Gasteiger partial charge in [0.25, 0.3) is 5.69 Å². The molecule has 10 heteroatoms. The number of rotatable bonds is 7. The van der Waals surface area contributed by atoms with Gasteiger partial charge in [-0.25, -0.2) is 4.79 Å². The number of aromatic nitrogens is 1. The van der Waals surface area contributed by atoms with E-state index >= 15 is 0 Å². The third kappa shape index (κ3) is 4.67. The van der Waals surface area contributed by atoms with Gasteiger partial charge in [-0.15, -0.1) is 12.4 Å². The highest BCUT2D eigenvalue weighted by Crippen LogP contribution is 2.21. The molecule has 2 aromatic rings. The second-order valence-electron chi connectivity index (χ2n) is 6.58. The number of nitro groups is 1. The van der Waals surface area contributed by atoms with Gasteiger partial charge in [0, 0.05) is 32.1 Å². The van der Waals surface area contributed by atoms with Crippen molar-refractivity contribution in [3.8, 4) is 0 Å². The van der Waals surface area contributed by atoms with Crippen molar-refractivity contribution < 1.29 is 14.1 Å². The Balaban J connectivity index is 0.00000261. The molecule has 1 aromatic carbocycles. The van der Waals surface area contributed by atoms with Crippen LogP contribution >= 0.6 is 12.4 Å². The van der Waals surface area contributed by atoms with Gasteiger partial charge in [0.15, 0.2) is 5.58 Å². The third-order valence-electron chi connectivity index (χ3n) is 4.77. The average Bonchev–Trinajstić information content (AvgIpc) is 3.19. The maximum absolute atomic E-state index is 12.3. The third-order valence-corrected chi connectivity index (χ3v) is 4.77. The van der Waals surface area contributed by atoms with Gasteiger partial charge in [-0.1, -0.05) is 0 Å². The summed E-state index contributed by atoms with van der Waals surface area (Å²) in [6.45, 7) is 2.80. The Morgan fingerprint density at radius 2 is 2.22 bits per heavy atom.